The van der Waals surface area contributed by atoms with Crippen LogP contribution in [0.2, 0.25) is 0 Å². The Labute approximate surface area is 201 Å². The first-order valence-electron chi connectivity index (χ1n) is 11.3. The molecule has 0 spiro atoms. The van der Waals surface area contributed by atoms with Crippen LogP contribution < -0.4 is 15.4 Å². The molecule has 1 atom stereocenters. The highest BCUT2D eigenvalue weighted by Crippen LogP contribution is 2.40. The minimum absolute atomic E-state index is 0.0349. The fourth-order valence-corrected chi connectivity index (χ4v) is 6.06. The van der Waals surface area contributed by atoms with Crippen LogP contribution in [0, 0.1) is 0 Å². The number of likely N-dealkylation sites (N-methyl/N-ethyl adjacent to an activating group) is 1. The van der Waals surface area contributed by atoms with Gasteiger partial charge in [0.1, 0.15) is 16.9 Å². The average molecular weight is 470 g/mol. The van der Waals surface area contributed by atoms with Gasteiger partial charge in [-0.05, 0) is 53.6 Å². The number of nitrogens with one attached hydrogen (secondary N) is 2. The number of rotatable bonds is 3. The van der Waals surface area contributed by atoms with E-state index in [4.69, 9.17) is 4.74 Å². The van der Waals surface area contributed by atoms with E-state index in [9.17, 15) is 9.59 Å². The van der Waals surface area contributed by atoms with E-state index in [-0.39, 0.29) is 12.1 Å². The van der Waals surface area contributed by atoms with Crippen molar-refractivity contribution in [2.75, 3.05) is 18.9 Å². The van der Waals surface area contributed by atoms with Crippen LogP contribution in [0.1, 0.15) is 42.9 Å². The number of thiophene rings is 1. The molecule has 0 saturated heterocycles. The third-order valence-electron chi connectivity index (χ3n) is 6.46. The number of carbonyl (C=O) groups is 2. The summed E-state index contributed by atoms with van der Waals surface area (Å²) in [6.45, 7) is 1.84. The van der Waals surface area contributed by atoms with Crippen molar-refractivity contribution < 1.29 is 14.3 Å². The molecular weight excluding hydrogens is 446 g/mol. The number of nitrogens with zero attached hydrogens (tertiary/aromatic N) is 1. The Morgan fingerprint density at radius 2 is 1.82 bits per heavy atom. The third-order valence-corrected chi connectivity index (χ3v) is 7.61. The Hall–Kier alpha value is -3.68. The second-order valence-corrected chi connectivity index (χ2v) is 9.84. The van der Waals surface area contributed by atoms with Crippen molar-refractivity contribution in [3.8, 4) is 5.75 Å². The van der Waals surface area contributed by atoms with Crippen LogP contribution >= 0.6 is 11.3 Å². The highest BCUT2D eigenvalue weighted by Gasteiger charge is 2.32. The summed E-state index contributed by atoms with van der Waals surface area (Å²) in [6, 6.07) is 20.6. The molecule has 170 valence electrons. The summed E-state index contributed by atoms with van der Waals surface area (Å²) >= 11 is 1.67. The fraction of sp³-hybridized carbons (Fsp3) is 0.185. The first kappa shape index (κ1) is 20.9. The zero-order valence-corrected chi connectivity index (χ0v) is 19.4. The van der Waals surface area contributed by atoms with Crippen molar-refractivity contribution >= 4 is 39.0 Å². The lowest BCUT2D eigenvalue weighted by atomic mass is 10.0. The van der Waals surface area contributed by atoms with Gasteiger partial charge in [0.05, 0.1) is 11.1 Å². The number of esters is 1. The normalized spacial score (nSPS) is 17.4. The van der Waals surface area contributed by atoms with Crippen LogP contribution in [0.3, 0.4) is 0 Å². The van der Waals surface area contributed by atoms with Gasteiger partial charge in [-0.1, -0.05) is 48.5 Å². The molecule has 0 fully saturated rings. The lowest BCUT2D eigenvalue weighted by Gasteiger charge is -2.27. The molecule has 0 unspecified atom stereocenters. The van der Waals surface area contributed by atoms with Gasteiger partial charge in [-0.3, -0.25) is 4.79 Å². The lowest BCUT2D eigenvalue weighted by molar-refractivity contribution is 0.0736. The van der Waals surface area contributed by atoms with Crippen LogP contribution in [0.15, 0.2) is 66.7 Å². The molecule has 0 saturated carbocycles. The zero-order chi connectivity index (χ0) is 23.2. The molecule has 0 aliphatic carbocycles. The molecule has 1 aromatic heterocycles. The lowest BCUT2D eigenvalue weighted by Crippen LogP contribution is -2.38. The number of hydrogen-bond acceptors (Lipinski definition) is 6. The van der Waals surface area contributed by atoms with Crippen molar-refractivity contribution in [1.29, 1.82) is 0 Å². The van der Waals surface area contributed by atoms with Crippen molar-refractivity contribution in [3.05, 3.63) is 93.9 Å². The summed E-state index contributed by atoms with van der Waals surface area (Å²) in [5, 5.41) is 9.35. The largest absolute Gasteiger partial charge is 0.423 e. The van der Waals surface area contributed by atoms with Gasteiger partial charge in [0, 0.05) is 18.0 Å². The maximum absolute atomic E-state index is 12.9. The van der Waals surface area contributed by atoms with Crippen LogP contribution in [0.5, 0.6) is 5.75 Å². The van der Waals surface area contributed by atoms with Crippen molar-refractivity contribution in [1.82, 2.24) is 10.2 Å². The summed E-state index contributed by atoms with van der Waals surface area (Å²) in [5.74, 6) is 0.0267. The maximum atomic E-state index is 12.9. The van der Waals surface area contributed by atoms with Crippen LogP contribution in [-0.2, 0) is 13.0 Å². The number of anilines is 1. The highest BCUT2D eigenvalue weighted by molar-refractivity contribution is 7.16. The molecule has 3 heterocycles. The SMILES string of the molecule is CN1CCc2c(sc3c2C(=O)N[C@H](c2ccc(OC(=O)c4cccc5ccccc45)cc2)N3)C1. The van der Waals surface area contributed by atoms with E-state index in [1.807, 2.05) is 48.5 Å². The minimum Gasteiger partial charge on any atom is -0.423 e. The second kappa shape index (κ2) is 8.27. The molecule has 2 aliphatic rings. The molecule has 4 aromatic rings. The first-order chi connectivity index (χ1) is 16.6. The fourth-order valence-electron chi connectivity index (χ4n) is 4.70. The summed E-state index contributed by atoms with van der Waals surface area (Å²) in [7, 11) is 2.10. The van der Waals surface area contributed by atoms with E-state index in [1.165, 1.54) is 10.4 Å². The van der Waals surface area contributed by atoms with Crippen molar-refractivity contribution in [2.24, 2.45) is 0 Å². The summed E-state index contributed by atoms with van der Waals surface area (Å²) in [5.41, 5.74) is 3.40. The van der Waals surface area contributed by atoms with E-state index >= 15 is 0 Å². The number of fused-ring (bicyclic) bond motifs is 4. The average Bonchev–Trinajstić information content (AvgIpc) is 3.22. The highest BCUT2D eigenvalue weighted by atomic mass is 32.1. The van der Waals surface area contributed by atoms with Gasteiger partial charge in [0.15, 0.2) is 0 Å². The second-order valence-electron chi connectivity index (χ2n) is 8.73. The van der Waals surface area contributed by atoms with E-state index in [0.717, 1.165) is 46.4 Å². The summed E-state index contributed by atoms with van der Waals surface area (Å²) < 4.78 is 5.64. The zero-order valence-electron chi connectivity index (χ0n) is 18.6. The van der Waals surface area contributed by atoms with E-state index in [1.54, 1.807) is 29.5 Å². The van der Waals surface area contributed by atoms with Crippen LogP contribution in [0.25, 0.3) is 10.8 Å². The van der Waals surface area contributed by atoms with Gasteiger partial charge in [0.2, 0.25) is 0 Å². The molecule has 6 nitrogen and oxygen atoms in total. The van der Waals surface area contributed by atoms with E-state index < -0.39 is 5.97 Å². The number of carbonyl (C=O) groups excluding carboxylic acids is 2. The Morgan fingerprint density at radius 3 is 2.68 bits per heavy atom. The Bertz CT molecular complexity index is 1420. The van der Waals surface area contributed by atoms with Crippen LogP contribution in [0.4, 0.5) is 5.00 Å². The van der Waals surface area contributed by atoms with Gasteiger partial charge in [-0.15, -0.1) is 11.3 Å². The molecule has 1 amide bonds. The van der Waals surface area contributed by atoms with Crippen LogP contribution in [-0.4, -0.2) is 30.4 Å². The maximum Gasteiger partial charge on any atom is 0.344 e. The van der Waals surface area contributed by atoms with Gasteiger partial charge >= 0.3 is 5.97 Å². The minimum atomic E-state index is -0.396. The predicted octanol–water partition coefficient (Wildman–Crippen LogP) is 4.96. The Morgan fingerprint density at radius 1 is 1.03 bits per heavy atom. The standard InChI is InChI=1S/C27H23N3O3S/c1-30-14-13-21-22(15-30)34-26-23(21)25(31)28-24(29-26)17-9-11-18(12-10-17)33-27(32)20-8-4-6-16-5-2-3-7-19(16)20/h2-12,24,29H,13-15H2,1H3,(H,28,31)/t24-/m0/s1. The number of benzene rings is 3. The molecule has 0 bridgehead atoms. The molecular formula is C27H23N3O3S. The quantitative estimate of drug-likeness (QED) is 0.328. The number of hydrogen-bond donors (Lipinski definition) is 2. The molecule has 0 radical (unpaired) electrons. The predicted molar refractivity (Wildman–Crippen MR) is 134 cm³/mol. The summed E-state index contributed by atoms with van der Waals surface area (Å²) in [4.78, 5) is 29.3. The molecule has 2 N–H and O–H groups in total. The van der Waals surface area contributed by atoms with Crippen molar-refractivity contribution in [3.63, 3.8) is 0 Å². The molecule has 7 heteroatoms. The monoisotopic (exact) mass is 469 g/mol. The smallest absolute Gasteiger partial charge is 0.344 e. The molecule has 34 heavy (non-hydrogen) atoms. The first-order valence-corrected chi connectivity index (χ1v) is 12.1. The Balaban J connectivity index is 1.20. The van der Waals surface area contributed by atoms with E-state index in [2.05, 4.69) is 22.6 Å². The third kappa shape index (κ3) is 3.63. The molecule has 6 rings (SSSR count). The van der Waals surface area contributed by atoms with Gasteiger partial charge < -0.3 is 20.3 Å². The van der Waals surface area contributed by atoms with Gasteiger partial charge in [0.25, 0.3) is 5.91 Å². The van der Waals surface area contributed by atoms with Gasteiger partial charge in [-0.2, -0.15) is 0 Å². The van der Waals surface area contributed by atoms with Gasteiger partial charge in [-0.25, -0.2) is 4.79 Å². The molecule has 3 aromatic carbocycles. The van der Waals surface area contributed by atoms with Crippen molar-refractivity contribution in [2.45, 2.75) is 19.1 Å². The van der Waals surface area contributed by atoms with E-state index in [0.29, 0.717) is 11.3 Å². The number of ether oxygens (including phenoxy) is 1. The number of amides is 1. The molecule has 2 aliphatic heterocycles. The summed E-state index contributed by atoms with van der Waals surface area (Å²) in [6.07, 6.45) is 0.564. The Kier molecular flexibility index (Phi) is 5.08. The topological polar surface area (TPSA) is 70.7 Å².